The van der Waals surface area contributed by atoms with Crippen LogP contribution in [-0.2, 0) is 0 Å². The number of aliphatic hydroxyl groups excluding tert-OH is 1. The van der Waals surface area contributed by atoms with Crippen LogP contribution < -0.4 is 4.90 Å². The third-order valence-electron chi connectivity index (χ3n) is 3.39. The van der Waals surface area contributed by atoms with Gasteiger partial charge in [-0.2, -0.15) is 0 Å². The summed E-state index contributed by atoms with van der Waals surface area (Å²) in [6.45, 7) is 3.21. The molecule has 98 valence electrons. The monoisotopic (exact) mass is 362 g/mol. The molecule has 6 heteroatoms. The molecule has 1 heterocycles. The largest absolute Gasteiger partial charge is 0.391 e. The number of β-amino-alcohol motifs (C(OH)–C–C–N with tert-alkyl or cyclic N) is 1. The Morgan fingerprint density at radius 3 is 2.89 bits per heavy atom. The molecule has 1 saturated heterocycles. The van der Waals surface area contributed by atoms with E-state index in [1.54, 1.807) is 12.1 Å². The van der Waals surface area contributed by atoms with Crippen molar-refractivity contribution in [3.63, 3.8) is 0 Å². The predicted molar refractivity (Wildman–Crippen MR) is 77.8 cm³/mol. The molecule has 2 atom stereocenters. The van der Waals surface area contributed by atoms with Crippen molar-refractivity contribution in [2.75, 3.05) is 18.0 Å². The van der Waals surface area contributed by atoms with Crippen molar-refractivity contribution in [2.45, 2.75) is 19.4 Å². The Morgan fingerprint density at radius 2 is 2.28 bits per heavy atom. The van der Waals surface area contributed by atoms with E-state index in [2.05, 4.69) is 22.6 Å². The summed E-state index contributed by atoms with van der Waals surface area (Å²) in [6, 6.07) is 5.19. The Labute approximate surface area is 119 Å². The molecule has 1 fully saturated rings. The first-order valence-electron chi connectivity index (χ1n) is 5.86. The van der Waals surface area contributed by atoms with Crippen molar-refractivity contribution < 1.29 is 10.0 Å². The number of anilines is 1. The molecule has 0 saturated carbocycles. The van der Waals surface area contributed by atoms with Gasteiger partial charge in [0, 0.05) is 22.7 Å². The molecule has 1 aliphatic heterocycles. The highest BCUT2D eigenvalue weighted by Crippen LogP contribution is 2.32. The lowest BCUT2D eigenvalue weighted by Gasteiger charge is -2.35. The molecule has 1 aromatic carbocycles. The van der Waals surface area contributed by atoms with Crippen LogP contribution in [0.3, 0.4) is 0 Å². The van der Waals surface area contributed by atoms with E-state index in [0.717, 1.165) is 16.5 Å². The summed E-state index contributed by atoms with van der Waals surface area (Å²) < 4.78 is 0.842. The molecule has 0 radical (unpaired) electrons. The van der Waals surface area contributed by atoms with Crippen LogP contribution in [0.4, 0.5) is 11.4 Å². The Balaban J connectivity index is 2.30. The van der Waals surface area contributed by atoms with Gasteiger partial charge in [0.25, 0.3) is 5.69 Å². The Morgan fingerprint density at radius 1 is 1.56 bits per heavy atom. The molecule has 1 N–H and O–H groups in total. The fourth-order valence-corrected chi connectivity index (χ4v) is 2.65. The third-order valence-corrected chi connectivity index (χ3v) is 4.06. The summed E-state index contributed by atoms with van der Waals surface area (Å²) in [5.74, 6) is 0.254. The van der Waals surface area contributed by atoms with Crippen LogP contribution in [0.25, 0.3) is 0 Å². The lowest BCUT2D eigenvalue weighted by Crippen LogP contribution is -2.43. The first kappa shape index (κ1) is 13.5. The minimum atomic E-state index is -0.419. The van der Waals surface area contributed by atoms with Crippen LogP contribution in [0.5, 0.6) is 0 Å². The molecule has 0 aromatic heterocycles. The minimum Gasteiger partial charge on any atom is -0.391 e. The van der Waals surface area contributed by atoms with Crippen molar-refractivity contribution in [3.8, 4) is 0 Å². The number of nitro groups is 1. The van der Waals surface area contributed by atoms with Crippen LogP contribution in [0.2, 0.25) is 0 Å². The zero-order valence-corrected chi connectivity index (χ0v) is 12.2. The highest BCUT2D eigenvalue weighted by molar-refractivity contribution is 14.1. The van der Waals surface area contributed by atoms with Crippen LogP contribution >= 0.6 is 22.6 Å². The maximum atomic E-state index is 11.1. The quantitative estimate of drug-likeness (QED) is 0.499. The molecule has 2 rings (SSSR count). The number of nitro benzene ring substituents is 1. The van der Waals surface area contributed by atoms with Crippen LogP contribution in [-0.4, -0.2) is 29.2 Å². The predicted octanol–water partition coefficient (Wildman–Crippen LogP) is 2.41. The van der Waals surface area contributed by atoms with Crippen molar-refractivity contribution in [1.29, 1.82) is 0 Å². The normalized spacial score (nSPS) is 24.1. The van der Waals surface area contributed by atoms with Gasteiger partial charge in [-0.3, -0.25) is 10.1 Å². The number of rotatable bonds is 2. The molecule has 0 spiro atoms. The number of aliphatic hydroxyl groups is 1. The Hall–Kier alpha value is -0.890. The summed E-state index contributed by atoms with van der Waals surface area (Å²) >= 11 is 2.06. The van der Waals surface area contributed by atoms with Crippen molar-refractivity contribution in [2.24, 2.45) is 5.92 Å². The average molecular weight is 362 g/mol. The molecule has 2 unspecified atom stereocenters. The first-order chi connectivity index (χ1) is 8.49. The molecular formula is C12H15IN2O3. The zero-order chi connectivity index (χ0) is 13.3. The van der Waals surface area contributed by atoms with Gasteiger partial charge in [-0.25, -0.2) is 0 Å². The molecule has 5 nitrogen and oxygen atoms in total. The van der Waals surface area contributed by atoms with E-state index in [1.807, 2.05) is 17.9 Å². The van der Waals surface area contributed by atoms with Gasteiger partial charge in [-0.15, -0.1) is 0 Å². The SMILES string of the molecule is CC1CCN(c2ccc(I)cc2[N+](=O)[O-])CC1O. The zero-order valence-electron chi connectivity index (χ0n) is 10.0. The van der Waals surface area contributed by atoms with E-state index in [0.29, 0.717) is 12.2 Å². The highest BCUT2D eigenvalue weighted by Gasteiger charge is 2.28. The summed E-state index contributed by atoms with van der Waals surface area (Å²) in [7, 11) is 0. The van der Waals surface area contributed by atoms with E-state index in [4.69, 9.17) is 0 Å². The second-order valence-electron chi connectivity index (χ2n) is 4.67. The van der Waals surface area contributed by atoms with Gasteiger partial charge < -0.3 is 10.0 Å². The van der Waals surface area contributed by atoms with Crippen LogP contribution in [0.15, 0.2) is 18.2 Å². The molecule has 18 heavy (non-hydrogen) atoms. The standard InChI is InChI=1S/C12H15IN2O3/c1-8-4-5-14(7-12(8)16)10-3-2-9(13)6-11(10)15(17)18/h2-3,6,8,12,16H,4-5,7H2,1H3. The fourth-order valence-electron chi connectivity index (χ4n) is 2.18. The number of benzene rings is 1. The average Bonchev–Trinajstić information content (AvgIpc) is 2.32. The molecular weight excluding hydrogens is 347 g/mol. The van der Waals surface area contributed by atoms with Gasteiger partial charge >= 0.3 is 0 Å². The van der Waals surface area contributed by atoms with E-state index in [9.17, 15) is 15.2 Å². The van der Waals surface area contributed by atoms with Crippen molar-refractivity contribution >= 4 is 34.0 Å². The molecule has 0 amide bonds. The molecule has 1 aliphatic rings. The van der Waals surface area contributed by atoms with E-state index < -0.39 is 6.10 Å². The van der Waals surface area contributed by atoms with E-state index >= 15 is 0 Å². The number of piperidine rings is 1. The maximum absolute atomic E-state index is 11.1. The number of hydrogen-bond acceptors (Lipinski definition) is 4. The van der Waals surface area contributed by atoms with E-state index in [1.165, 1.54) is 0 Å². The Kier molecular flexibility index (Phi) is 4.06. The van der Waals surface area contributed by atoms with Gasteiger partial charge in [-0.1, -0.05) is 6.92 Å². The first-order valence-corrected chi connectivity index (χ1v) is 6.94. The van der Waals surface area contributed by atoms with Gasteiger partial charge in [0.2, 0.25) is 0 Å². The summed E-state index contributed by atoms with van der Waals surface area (Å²) in [6.07, 6.45) is 0.433. The van der Waals surface area contributed by atoms with Crippen LogP contribution in [0.1, 0.15) is 13.3 Å². The number of halogens is 1. The molecule has 0 bridgehead atoms. The smallest absolute Gasteiger partial charge is 0.293 e. The third kappa shape index (κ3) is 2.74. The maximum Gasteiger partial charge on any atom is 0.293 e. The number of nitrogens with zero attached hydrogens (tertiary/aromatic N) is 2. The van der Waals surface area contributed by atoms with Gasteiger partial charge in [0.15, 0.2) is 0 Å². The van der Waals surface area contributed by atoms with E-state index in [-0.39, 0.29) is 16.5 Å². The molecule has 1 aromatic rings. The van der Waals surface area contributed by atoms with Gasteiger partial charge in [0.05, 0.1) is 11.0 Å². The lowest BCUT2D eigenvalue weighted by atomic mass is 9.95. The Bertz CT molecular complexity index is 467. The summed E-state index contributed by atoms with van der Waals surface area (Å²) in [4.78, 5) is 12.6. The van der Waals surface area contributed by atoms with Crippen molar-refractivity contribution in [3.05, 3.63) is 31.9 Å². The summed E-state index contributed by atoms with van der Waals surface area (Å²) in [5.41, 5.74) is 0.718. The minimum absolute atomic E-state index is 0.114. The second kappa shape index (κ2) is 5.40. The summed E-state index contributed by atoms with van der Waals surface area (Å²) in [5, 5.41) is 21.0. The second-order valence-corrected chi connectivity index (χ2v) is 5.92. The highest BCUT2D eigenvalue weighted by atomic mass is 127. The van der Waals surface area contributed by atoms with Crippen LogP contribution in [0, 0.1) is 19.6 Å². The lowest BCUT2D eigenvalue weighted by molar-refractivity contribution is -0.384. The van der Waals surface area contributed by atoms with Crippen molar-refractivity contribution in [1.82, 2.24) is 0 Å². The number of hydrogen-bond donors (Lipinski definition) is 1. The molecule has 0 aliphatic carbocycles. The van der Waals surface area contributed by atoms with Gasteiger partial charge in [-0.05, 0) is 47.1 Å². The fraction of sp³-hybridized carbons (Fsp3) is 0.500. The van der Waals surface area contributed by atoms with Gasteiger partial charge in [0.1, 0.15) is 5.69 Å². The topological polar surface area (TPSA) is 66.6 Å².